The van der Waals surface area contributed by atoms with Crippen molar-refractivity contribution in [2.24, 2.45) is 5.92 Å². The molecule has 0 saturated carbocycles. The summed E-state index contributed by atoms with van der Waals surface area (Å²) in [5.41, 5.74) is 3.63. The van der Waals surface area contributed by atoms with Gasteiger partial charge in [-0.25, -0.2) is 0 Å². The number of hydrogen-bond acceptors (Lipinski definition) is 4. The van der Waals surface area contributed by atoms with Crippen LogP contribution in [0.3, 0.4) is 0 Å². The van der Waals surface area contributed by atoms with Crippen molar-refractivity contribution >= 4 is 5.91 Å². The van der Waals surface area contributed by atoms with E-state index in [0.717, 1.165) is 42.2 Å². The summed E-state index contributed by atoms with van der Waals surface area (Å²) in [6, 6.07) is 12.2. The van der Waals surface area contributed by atoms with E-state index in [2.05, 4.69) is 17.0 Å². The van der Waals surface area contributed by atoms with Gasteiger partial charge in [-0.15, -0.1) is 0 Å². The summed E-state index contributed by atoms with van der Waals surface area (Å²) in [5.74, 6) is 2.63. The molecule has 27 heavy (non-hydrogen) atoms. The number of rotatable bonds is 5. The third-order valence-electron chi connectivity index (χ3n) is 5.74. The van der Waals surface area contributed by atoms with Gasteiger partial charge in [0.25, 0.3) is 0 Å². The number of methoxy groups -OCH3 is 3. The molecule has 0 radical (unpaired) electrons. The van der Waals surface area contributed by atoms with Gasteiger partial charge in [-0.1, -0.05) is 6.07 Å². The highest BCUT2D eigenvalue weighted by Gasteiger charge is 2.42. The quantitative estimate of drug-likeness (QED) is 0.813. The van der Waals surface area contributed by atoms with Crippen molar-refractivity contribution in [3.63, 3.8) is 0 Å². The van der Waals surface area contributed by atoms with Crippen molar-refractivity contribution in [1.82, 2.24) is 4.90 Å². The molecule has 0 spiro atoms. The molecule has 1 fully saturated rings. The van der Waals surface area contributed by atoms with Crippen LogP contribution < -0.4 is 14.2 Å². The van der Waals surface area contributed by atoms with Gasteiger partial charge in [0, 0.05) is 18.5 Å². The summed E-state index contributed by atoms with van der Waals surface area (Å²) in [4.78, 5) is 15.1. The molecule has 5 heteroatoms. The van der Waals surface area contributed by atoms with Gasteiger partial charge in [0.15, 0.2) is 0 Å². The van der Waals surface area contributed by atoms with Crippen LogP contribution >= 0.6 is 0 Å². The molecule has 142 valence electrons. The van der Waals surface area contributed by atoms with Crippen LogP contribution in [0.1, 0.15) is 29.2 Å². The molecular weight excluding hydrogens is 342 g/mol. The smallest absolute Gasteiger partial charge is 0.226 e. The minimum atomic E-state index is -0.0140. The first-order chi connectivity index (χ1) is 13.1. The van der Waals surface area contributed by atoms with Crippen LogP contribution in [0.25, 0.3) is 0 Å². The molecule has 0 aromatic heterocycles. The predicted molar refractivity (Wildman–Crippen MR) is 103 cm³/mol. The van der Waals surface area contributed by atoms with E-state index in [-0.39, 0.29) is 17.9 Å². The molecule has 2 aromatic carbocycles. The first kappa shape index (κ1) is 17.7. The number of benzene rings is 2. The minimum Gasteiger partial charge on any atom is -0.497 e. The van der Waals surface area contributed by atoms with Gasteiger partial charge in [0.2, 0.25) is 5.91 Å². The SMILES string of the molecule is COc1cc(C[C@H]2C[C@H]3c4ccc(OC)cc4CCN3C2=O)cc(OC)c1. The molecule has 1 saturated heterocycles. The van der Waals surface area contributed by atoms with Crippen LogP contribution in [0.4, 0.5) is 0 Å². The molecule has 2 aliphatic heterocycles. The zero-order valence-electron chi connectivity index (χ0n) is 16.0. The Balaban J connectivity index is 1.58. The third kappa shape index (κ3) is 3.22. The summed E-state index contributed by atoms with van der Waals surface area (Å²) in [7, 11) is 4.98. The fraction of sp³-hybridized carbons (Fsp3) is 0.409. The van der Waals surface area contributed by atoms with E-state index in [0.29, 0.717) is 6.42 Å². The lowest BCUT2D eigenvalue weighted by Gasteiger charge is -2.32. The van der Waals surface area contributed by atoms with Crippen molar-refractivity contribution in [2.45, 2.75) is 25.3 Å². The van der Waals surface area contributed by atoms with Gasteiger partial charge >= 0.3 is 0 Å². The molecule has 2 atom stereocenters. The molecule has 2 heterocycles. The lowest BCUT2D eigenvalue weighted by atomic mass is 9.89. The zero-order chi connectivity index (χ0) is 19.0. The Morgan fingerprint density at radius 1 is 0.963 bits per heavy atom. The second-order valence-electron chi connectivity index (χ2n) is 7.22. The van der Waals surface area contributed by atoms with E-state index in [9.17, 15) is 4.79 Å². The Bertz CT molecular complexity index is 841. The van der Waals surface area contributed by atoms with Gasteiger partial charge in [-0.2, -0.15) is 0 Å². The van der Waals surface area contributed by atoms with Gasteiger partial charge in [-0.3, -0.25) is 4.79 Å². The Kier molecular flexibility index (Phi) is 4.68. The molecule has 0 N–H and O–H groups in total. The highest BCUT2D eigenvalue weighted by Crippen LogP contribution is 2.43. The number of fused-ring (bicyclic) bond motifs is 3. The van der Waals surface area contributed by atoms with E-state index in [1.54, 1.807) is 21.3 Å². The Morgan fingerprint density at radius 2 is 1.67 bits per heavy atom. The average molecular weight is 367 g/mol. The van der Waals surface area contributed by atoms with Crippen LogP contribution in [0.5, 0.6) is 17.2 Å². The van der Waals surface area contributed by atoms with Crippen LogP contribution in [0.15, 0.2) is 36.4 Å². The molecular formula is C22H25NO4. The fourth-order valence-corrected chi connectivity index (χ4v) is 4.38. The van der Waals surface area contributed by atoms with E-state index >= 15 is 0 Å². The lowest BCUT2D eigenvalue weighted by molar-refractivity contribution is -0.132. The third-order valence-corrected chi connectivity index (χ3v) is 5.74. The largest absolute Gasteiger partial charge is 0.497 e. The van der Waals surface area contributed by atoms with E-state index in [4.69, 9.17) is 14.2 Å². The maximum atomic E-state index is 13.0. The maximum absolute atomic E-state index is 13.0. The molecule has 0 aliphatic carbocycles. The van der Waals surface area contributed by atoms with Crippen molar-refractivity contribution in [3.8, 4) is 17.2 Å². The average Bonchev–Trinajstić information content (AvgIpc) is 3.02. The summed E-state index contributed by atoms with van der Waals surface area (Å²) in [6.45, 7) is 0.779. The highest BCUT2D eigenvalue weighted by molar-refractivity contribution is 5.82. The second-order valence-corrected chi connectivity index (χ2v) is 7.22. The molecule has 2 aromatic rings. The molecule has 5 nitrogen and oxygen atoms in total. The van der Waals surface area contributed by atoms with Gasteiger partial charge in [-0.05, 0) is 60.2 Å². The second kappa shape index (κ2) is 7.14. The standard InChI is InChI=1S/C22H25NO4/c1-25-17-4-5-20-15(11-17)6-7-23-21(20)12-16(22(23)24)8-14-9-18(26-2)13-19(10-14)27-3/h4-5,9-11,13,16,21H,6-8,12H2,1-3H3/t16-,21-/m0/s1. The molecule has 2 aliphatic rings. The van der Waals surface area contributed by atoms with Crippen molar-refractivity contribution < 1.29 is 19.0 Å². The molecule has 0 bridgehead atoms. The number of carbonyl (C=O) groups is 1. The van der Waals surface area contributed by atoms with Crippen LogP contribution in [0, 0.1) is 5.92 Å². The van der Waals surface area contributed by atoms with Crippen molar-refractivity contribution in [2.75, 3.05) is 27.9 Å². The Hall–Kier alpha value is -2.69. The number of ether oxygens (including phenoxy) is 3. The predicted octanol–water partition coefficient (Wildman–Crippen LogP) is 3.40. The van der Waals surface area contributed by atoms with Gasteiger partial charge in [0.05, 0.1) is 27.4 Å². The Morgan fingerprint density at radius 3 is 2.33 bits per heavy atom. The van der Waals surface area contributed by atoms with Crippen LogP contribution in [-0.2, 0) is 17.6 Å². The monoisotopic (exact) mass is 367 g/mol. The summed E-state index contributed by atoms with van der Waals surface area (Å²) in [6.07, 6.45) is 2.43. The topological polar surface area (TPSA) is 48.0 Å². The van der Waals surface area contributed by atoms with Crippen LogP contribution in [0.2, 0.25) is 0 Å². The molecule has 0 unspecified atom stereocenters. The normalized spacial score (nSPS) is 20.9. The molecule has 1 amide bonds. The van der Waals surface area contributed by atoms with E-state index < -0.39 is 0 Å². The zero-order valence-corrected chi connectivity index (χ0v) is 16.0. The summed E-state index contributed by atoms with van der Waals surface area (Å²) < 4.78 is 16.1. The number of hydrogen-bond donors (Lipinski definition) is 0. The number of carbonyl (C=O) groups excluding carboxylic acids is 1. The minimum absolute atomic E-state index is 0.0140. The van der Waals surface area contributed by atoms with E-state index in [1.165, 1.54) is 11.1 Å². The van der Waals surface area contributed by atoms with Crippen molar-refractivity contribution in [3.05, 3.63) is 53.1 Å². The number of amides is 1. The number of nitrogens with zero attached hydrogens (tertiary/aromatic N) is 1. The summed E-state index contributed by atoms with van der Waals surface area (Å²) in [5, 5.41) is 0. The highest BCUT2D eigenvalue weighted by atomic mass is 16.5. The first-order valence-corrected chi connectivity index (χ1v) is 9.32. The molecule has 4 rings (SSSR count). The lowest BCUT2D eigenvalue weighted by Crippen LogP contribution is -2.35. The van der Waals surface area contributed by atoms with Crippen LogP contribution in [-0.4, -0.2) is 38.7 Å². The van der Waals surface area contributed by atoms with E-state index in [1.807, 2.05) is 24.3 Å². The van der Waals surface area contributed by atoms with Gasteiger partial charge in [0.1, 0.15) is 17.2 Å². The van der Waals surface area contributed by atoms with Crippen molar-refractivity contribution in [1.29, 1.82) is 0 Å². The maximum Gasteiger partial charge on any atom is 0.226 e. The van der Waals surface area contributed by atoms with Gasteiger partial charge < -0.3 is 19.1 Å². The first-order valence-electron chi connectivity index (χ1n) is 9.32. The Labute approximate surface area is 159 Å². The fourth-order valence-electron chi connectivity index (χ4n) is 4.38. The summed E-state index contributed by atoms with van der Waals surface area (Å²) >= 11 is 0.